The second-order valence-corrected chi connectivity index (χ2v) is 5.59. The second-order valence-electron chi connectivity index (χ2n) is 5.59. The average molecular weight is 245 g/mol. The van der Waals surface area contributed by atoms with Crippen LogP contribution in [-0.2, 0) is 5.41 Å². The Labute approximate surface area is 107 Å². The minimum absolute atomic E-state index is 0.130. The first-order valence-corrected chi connectivity index (χ1v) is 6.04. The zero-order valence-electron chi connectivity index (χ0n) is 11.3. The lowest BCUT2D eigenvalue weighted by Crippen LogP contribution is -2.15. The summed E-state index contributed by atoms with van der Waals surface area (Å²) in [5, 5.41) is 3.99. The largest absolute Gasteiger partial charge is 0.337 e. The molecule has 2 rings (SSSR count). The number of rotatable bonds is 2. The van der Waals surface area contributed by atoms with E-state index in [0.29, 0.717) is 11.7 Å². The van der Waals surface area contributed by atoms with Crippen LogP contribution in [0.1, 0.15) is 49.7 Å². The molecule has 1 heterocycles. The third kappa shape index (κ3) is 2.59. The number of hydrogen-bond donors (Lipinski definition) is 1. The lowest BCUT2D eigenvalue weighted by Gasteiger charge is -2.11. The molecule has 0 aliphatic rings. The highest BCUT2D eigenvalue weighted by Gasteiger charge is 2.23. The zero-order valence-corrected chi connectivity index (χ0v) is 11.3. The molecule has 0 aliphatic heterocycles. The Morgan fingerprint density at radius 3 is 2.28 bits per heavy atom. The Hall–Kier alpha value is -1.68. The van der Waals surface area contributed by atoms with E-state index >= 15 is 0 Å². The van der Waals surface area contributed by atoms with Crippen LogP contribution in [0, 0.1) is 6.92 Å². The maximum Gasteiger partial charge on any atom is 0.248 e. The summed E-state index contributed by atoms with van der Waals surface area (Å²) >= 11 is 0. The molecule has 0 amide bonds. The fraction of sp³-hybridized carbons (Fsp3) is 0.429. The van der Waals surface area contributed by atoms with Crippen molar-refractivity contribution in [1.29, 1.82) is 0 Å². The van der Waals surface area contributed by atoms with Crippen molar-refractivity contribution in [2.75, 3.05) is 0 Å². The number of nitrogens with two attached hydrogens (primary N) is 1. The molecule has 1 atom stereocenters. The van der Waals surface area contributed by atoms with Gasteiger partial charge in [-0.2, -0.15) is 4.98 Å². The van der Waals surface area contributed by atoms with Crippen LogP contribution in [0.25, 0.3) is 0 Å². The molecule has 2 aromatic rings. The van der Waals surface area contributed by atoms with Crippen LogP contribution >= 0.6 is 0 Å². The molecule has 4 heteroatoms. The van der Waals surface area contributed by atoms with Crippen molar-refractivity contribution >= 4 is 0 Å². The monoisotopic (exact) mass is 245 g/mol. The van der Waals surface area contributed by atoms with Crippen LogP contribution in [0.5, 0.6) is 0 Å². The van der Waals surface area contributed by atoms with Gasteiger partial charge in [-0.25, -0.2) is 0 Å². The summed E-state index contributed by atoms with van der Waals surface area (Å²) in [6.07, 6.45) is 0. The molecular weight excluding hydrogens is 226 g/mol. The van der Waals surface area contributed by atoms with Crippen molar-refractivity contribution in [1.82, 2.24) is 10.1 Å². The number of aromatic nitrogens is 2. The Morgan fingerprint density at radius 1 is 1.17 bits per heavy atom. The van der Waals surface area contributed by atoms with E-state index < -0.39 is 0 Å². The molecular formula is C14H19N3O. The van der Waals surface area contributed by atoms with E-state index in [2.05, 4.69) is 10.1 Å². The first kappa shape index (κ1) is 12.8. The van der Waals surface area contributed by atoms with Gasteiger partial charge in [0, 0.05) is 5.41 Å². The second kappa shape index (κ2) is 4.53. The number of nitrogens with zero attached hydrogens (tertiary/aromatic N) is 2. The third-order valence-corrected chi connectivity index (χ3v) is 2.82. The SMILES string of the molecule is Cc1ccc(C(N)c2nc(C(C)(C)C)no2)cc1. The molecule has 18 heavy (non-hydrogen) atoms. The fourth-order valence-electron chi connectivity index (χ4n) is 1.58. The Morgan fingerprint density at radius 2 is 1.78 bits per heavy atom. The molecule has 1 unspecified atom stereocenters. The highest BCUT2D eigenvalue weighted by molar-refractivity contribution is 5.27. The Balaban J connectivity index is 2.26. The molecule has 1 aromatic carbocycles. The van der Waals surface area contributed by atoms with E-state index in [1.807, 2.05) is 52.0 Å². The quantitative estimate of drug-likeness (QED) is 0.883. The number of benzene rings is 1. The van der Waals surface area contributed by atoms with Gasteiger partial charge in [-0.3, -0.25) is 0 Å². The van der Waals surface area contributed by atoms with Gasteiger partial charge in [-0.05, 0) is 12.5 Å². The smallest absolute Gasteiger partial charge is 0.248 e. The Bertz CT molecular complexity index is 523. The molecule has 0 aliphatic carbocycles. The molecule has 0 saturated heterocycles. The predicted octanol–water partition coefficient (Wildman–Crippen LogP) is 2.72. The molecule has 0 bridgehead atoms. The summed E-state index contributed by atoms with van der Waals surface area (Å²) < 4.78 is 5.25. The molecule has 96 valence electrons. The van der Waals surface area contributed by atoms with Gasteiger partial charge >= 0.3 is 0 Å². The van der Waals surface area contributed by atoms with Crippen molar-refractivity contribution in [3.8, 4) is 0 Å². The predicted molar refractivity (Wildman–Crippen MR) is 70.2 cm³/mol. The van der Waals surface area contributed by atoms with Gasteiger partial charge in [0.15, 0.2) is 5.82 Å². The summed E-state index contributed by atoms with van der Waals surface area (Å²) in [7, 11) is 0. The zero-order chi connectivity index (χ0) is 13.3. The van der Waals surface area contributed by atoms with Gasteiger partial charge in [0.05, 0.1) is 0 Å². The number of hydrogen-bond acceptors (Lipinski definition) is 4. The van der Waals surface area contributed by atoms with Gasteiger partial charge in [0.25, 0.3) is 0 Å². The van der Waals surface area contributed by atoms with Crippen molar-refractivity contribution < 1.29 is 4.52 Å². The van der Waals surface area contributed by atoms with E-state index in [1.54, 1.807) is 0 Å². The van der Waals surface area contributed by atoms with Crippen LogP contribution in [-0.4, -0.2) is 10.1 Å². The average Bonchev–Trinajstić information content (AvgIpc) is 2.78. The molecule has 1 aromatic heterocycles. The molecule has 4 nitrogen and oxygen atoms in total. The van der Waals surface area contributed by atoms with Gasteiger partial charge in [0.1, 0.15) is 6.04 Å². The first-order valence-electron chi connectivity index (χ1n) is 6.04. The van der Waals surface area contributed by atoms with Gasteiger partial charge in [-0.15, -0.1) is 0 Å². The number of aryl methyl sites for hydroxylation is 1. The lowest BCUT2D eigenvalue weighted by molar-refractivity contribution is 0.354. The topological polar surface area (TPSA) is 64.9 Å². The Kier molecular flexibility index (Phi) is 3.22. The maximum absolute atomic E-state index is 6.13. The normalized spacial score (nSPS) is 13.6. The van der Waals surface area contributed by atoms with Crippen LogP contribution in [0.2, 0.25) is 0 Å². The minimum atomic E-state index is -0.366. The maximum atomic E-state index is 6.13. The summed E-state index contributed by atoms with van der Waals surface area (Å²) in [6, 6.07) is 7.66. The van der Waals surface area contributed by atoms with Crippen LogP contribution in [0.15, 0.2) is 28.8 Å². The molecule has 0 fully saturated rings. The highest BCUT2D eigenvalue weighted by atomic mass is 16.5. The van der Waals surface area contributed by atoms with E-state index in [0.717, 1.165) is 5.56 Å². The van der Waals surface area contributed by atoms with Crippen LogP contribution < -0.4 is 5.73 Å². The van der Waals surface area contributed by atoms with Crippen molar-refractivity contribution in [2.45, 2.75) is 39.2 Å². The summed E-state index contributed by atoms with van der Waals surface area (Å²) in [4.78, 5) is 4.38. The van der Waals surface area contributed by atoms with Gasteiger partial charge in [0.2, 0.25) is 5.89 Å². The van der Waals surface area contributed by atoms with Gasteiger partial charge in [-0.1, -0.05) is 55.8 Å². The van der Waals surface area contributed by atoms with E-state index in [9.17, 15) is 0 Å². The molecule has 0 spiro atoms. The standard InChI is InChI=1S/C14H19N3O/c1-9-5-7-10(8-6-9)11(15)12-16-13(17-18-12)14(2,3)4/h5-8,11H,15H2,1-4H3. The third-order valence-electron chi connectivity index (χ3n) is 2.82. The van der Waals surface area contributed by atoms with E-state index in [4.69, 9.17) is 10.3 Å². The van der Waals surface area contributed by atoms with Gasteiger partial charge < -0.3 is 10.3 Å². The molecule has 0 saturated carbocycles. The summed E-state index contributed by atoms with van der Waals surface area (Å²) in [5.74, 6) is 1.14. The molecule has 0 radical (unpaired) electrons. The minimum Gasteiger partial charge on any atom is -0.337 e. The van der Waals surface area contributed by atoms with E-state index in [-0.39, 0.29) is 11.5 Å². The lowest BCUT2D eigenvalue weighted by atomic mass is 9.96. The highest BCUT2D eigenvalue weighted by Crippen LogP contribution is 2.23. The van der Waals surface area contributed by atoms with Crippen LogP contribution in [0.3, 0.4) is 0 Å². The van der Waals surface area contributed by atoms with Crippen molar-refractivity contribution in [3.63, 3.8) is 0 Å². The first-order chi connectivity index (χ1) is 8.38. The van der Waals surface area contributed by atoms with E-state index in [1.165, 1.54) is 5.56 Å². The van der Waals surface area contributed by atoms with Crippen molar-refractivity contribution in [2.24, 2.45) is 5.73 Å². The van der Waals surface area contributed by atoms with Crippen LogP contribution in [0.4, 0.5) is 0 Å². The molecule has 2 N–H and O–H groups in total. The summed E-state index contributed by atoms with van der Waals surface area (Å²) in [6.45, 7) is 8.16. The summed E-state index contributed by atoms with van der Waals surface area (Å²) in [5.41, 5.74) is 8.17. The fourth-order valence-corrected chi connectivity index (χ4v) is 1.58. The van der Waals surface area contributed by atoms with Crippen molar-refractivity contribution in [3.05, 3.63) is 47.1 Å².